The Bertz CT molecular complexity index is 1180. The number of nitrogens with zero attached hydrogens (tertiary/aromatic N) is 1. The van der Waals surface area contributed by atoms with E-state index in [-0.39, 0.29) is 10.8 Å². The maximum Gasteiger partial charge on any atom is 0.261 e. The van der Waals surface area contributed by atoms with Gasteiger partial charge in [-0.2, -0.15) is 0 Å². The summed E-state index contributed by atoms with van der Waals surface area (Å²) in [7, 11) is -3.75. The van der Waals surface area contributed by atoms with Gasteiger partial charge in [-0.15, -0.1) is 11.3 Å². The lowest BCUT2D eigenvalue weighted by Gasteiger charge is -2.21. The standard InChI is InChI=1S/C23H20N2O4S2/c26-23(25(16-20-8-4-14-29-20)17-21-9-5-15-30-21)18-10-12-22(13-11-18)31(27,28)24-19-6-2-1-3-7-19/h1-15,24H,16-17H2. The number of para-hydroxylation sites is 1. The van der Waals surface area contributed by atoms with Crippen LogP contribution in [0.4, 0.5) is 5.69 Å². The molecule has 0 fully saturated rings. The van der Waals surface area contributed by atoms with E-state index in [9.17, 15) is 13.2 Å². The predicted molar refractivity (Wildman–Crippen MR) is 120 cm³/mol. The molecule has 8 heteroatoms. The molecule has 0 atom stereocenters. The van der Waals surface area contributed by atoms with Crippen LogP contribution in [0.5, 0.6) is 0 Å². The first-order valence-corrected chi connectivity index (χ1v) is 11.9. The molecule has 6 nitrogen and oxygen atoms in total. The molecule has 2 aromatic heterocycles. The minimum atomic E-state index is -3.75. The Morgan fingerprint density at radius 2 is 1.68 bits per heavy atom. The van der Waals surface area contributed by atoms with E-state index in [2.05, 4.69) is 4.72 Å². The fourth-order valence-corrected chi connectivity index (χ4v) is 4.84. The predicted octanol–water partition coefficient (Wildman–Crippen LogP) is 4.98. The smallest absolute Gasteiger partial charge is 0.261 e. The second-order valence-electron chi connectivity index (χ2n) is 6.82. The van der Waals surface area contributed by atoms with Crippen molar-refractivity contribution in [2.45, 2.75) is 18.0 Å². The van der Waals surface area contributed by atoms with Gasteiger partial charge >= 0.3 is 0 Å². The Kier molecular flexibility index (Phi) is 6.20. The van der Waals surface area contributed by atoms with Crippen molar-refractivity contribution in [2.24, 2.45) is 0 Å². The summed E-state index contributed by atoms with van der Waals surface area (Å²) in [6.07, 6.45) is 1.57. The van der Waals surface area contributed by atoms with E-state index in [1.807, 2.05) is 29.6 Å². The first kappa shape index (κ1) is 20.9. The molecule has 1 N–H and O–H groups in total. The van der Waals surface area contributed by atoms with Crippen LogP contribution in [0.2, 0.25) is 0 Å². The molecular formula is C23H20N2O4S2. The number of carbonyl (C=O) groups is 1. The van der Waals surface area contributed by atoms with Gasteiger partial charge < -0.3 is 9.32 Å². The number of carbonyl (C=O) groups excluding carboxylic acids is 1. The number of hydrogen-bond acceptors (Lipinski definition) is 5. The van der Waals surface area contributed by atoms with E-state index in [1.165, 1.54) is 24.3 Å². The molecule has 4 aromatic rings. The molecule has 0 aliphatic heterocycles. The quantitative estimate of drug-likeness (QED) is 0.409. The van der Waals surface area contributed by atoms with Gasteiger partial charge in [-0.05, 0) is 60.0 Å². The molecule has 2 aromatic carbocycles. The van der Waals surface area contributed by atoms with Gasteiger partial charge in [0.05, 0.1) is 24.2 Å². The summed E-state index contributed by atoms with van der Waals surface area (Å²) in [6, 6.07) is 22.1. The highest BCUT2D eigenvalue weighted by molar-refractivity contribution is 7.92. The van der Waals surface area contributed by atoms with Gasteiger partial charge in [0, 0.05) is 16.1 Å². The highest BCUT2D eigenvalue weighted by Gasteiger charge is 2.20. The van der Waals surface area contributed by atoms with Gasteiger partial charge in [-0.1, -0.05) is 24.3 Å². The zero-order valence-electron chi connectivity index (χ0n) is 16.5. The molecule has 0 unspecified atom stereocenters. The first-order valence-electron chi connectivity index (χ1n) is 9.53. The van der Waals surface area contributed by atoms with Crippen LogP contribution in [0.1, 0.15) is 21.0 Å². The molecule has 0 bridgehead atoms. The highest BCUT2D eigenvalue weighted by atomic mass is 32.2. The van der Waals surface area contributed by atoms with E-state index in [4.69, 9.17) is 4.42 Å². The van der Waals surface area contributed by atoms with Crippen LogP contribution in [0.15, 0.2) is 99.8 Å². The van der Waals surface area contributed by atoms with Crippen molar-refractivity contribution in [3.63, 3.8) is 0 Å². The van der Waals surface area contributed by atoms with E-state index >= 15 is 0 Å². The van der Waals surface area contributed by atoms with E-state index in [0.717, 1.165) is 4.88 Å². The van der Waals surface area contributed by atoms with Crippen molar-refractivity contribution >= 4 is 33.0 Å². The number of furan rings is 1. The fourth-order valence-electron chi connectivity index (χ4n) is 3.06. The number of sulfonamides is 1. The molecular weight excluding hydrogens is 432 g/mol. The summed E-state index contributed by atoms with van der Waals surface area (Å²) in [4.78, 5) is 16.0. The molecule has 31 heavy (non-hydrogen) atoms. The van der Waals surface area contributed by atoms with Crippen molar-refractivity contribution < 1.29 is 17.6 Å². The van der Waals surface area contributed by atoms with Crippen molar-refractivity contribution in [3.05, 3.63) is 107 Å². The van der Waals surface area contributed by atoms with Crippen LogP contribution < -0.4 is 4.72 Å². The van der Waals surface area contributed by atoms with E-state index in [1.54, 1.807) is 52.8 Å². The van der Waals surface area contributed by atoms with Crippen LogP contribution in [-0.4, -0.2) is 19.2 Å². The maximum atomic E-state index is 13.2. The minimum absolute atomic E-state index is 0.0868. The molecule has 0 radical (unpaired) electrons. The monoisotopic (exact) mass is 452 g/mol. The van der Waals surface area contributed by atoms with Crippen LogP contribution in [0.3, 0.4) is 0 Å². The normalized spacial score (nSPS) is 11.2. The molecule has 0 aliphatic rings. The second-order valence-corrected chi connectivity index (χ2v) is 9.53. The van der Waals surface area contributed by atoms with Crippen LogP contribution in [0, 0.1) is 0 Å². The Morgan fingerprint density at radius 3 is 2.32 bits per heavy atom. The van der Waals surface area contributed by atoms with Crippen molar-refractivity contribution in [1.82, 2.24) is 4.90 Å². The minimum Gasteiger partial charge on any atom is -0.467 e. The number of amides is 1. The van der Waals surface area contributed by atoms with Crippen molar-refractivity contribution in [1.29, 1.82) is 0 Å². The van der Waals surface area contributed by atoms with Crippen LogP contribution >= 0.6 is 11.3 Å². The Morgan fingerprint density at radius 1 is 0.903 bits per heavy atom. The van der Waals surface area contributed by atoms with Gasteiger partial charge in [0.25, 0.3) is 15.9 Å². The average Bonchev–Trinajstić information content (AvgIpc) is 3.48. The fraction of sp³-hybridized carbons (Fsp3) is 0.0870. The third-order valence-electron chi connectivity index (χ3n) is 4.58. The van der Waals surface area contributed by atoms with E-state index in [0.29, 0.717) is 30.1 Å². The molecule has 2 heterocycles. The Balaban J connectivity index is 1.53. The van der Waals surface area contributed by atoms with Crippen LogP contribution in [0.25, 0.3) is 0 Å². The topological polar surface area (TPSA) is 79.6 Å². The number of rotatable bonds is 8. The Labute approximate surface area is 184 Å². The summed E-state index contributed by atoms with van der Waals surface area (Å²) in [6.45, 7) is 0.756. The summed E-state index contributed by atoms with van der Waals surface area (Å²) in [5.41, 5.74) is 0.880. The molecule has 158 valence electrons. The third kappa shape index (κ3) is 5.22. The lowest BCUT2D eigenvalue weighted by Crippen LogP contribution is -2.29. The van der Waals surface area contributed by atoms with Gasteiger partial charge in [0.2, 0.25) is 0 Å². The third-order valence-corrected chi connectivity index (χ3v) is 6.84. The lowest BCUT2D eigenvalue weighted by molar-refractivity contribution is 0.0719. The largest absolute Gasteiger partial charge is 0.467 e. The molecule has 0 aliphatic carbocycles. The molecule has 0 saturated heterocycles. The summed E-state index contributed by atoms with van der Waals surface area (Å²) in [5.74, 6) is 0.473. The SMILES string of the molecule is O=C(c1ccc(S(=O)(=O)Nc2ccccc2)cc1)N(Cc1ccco1)Cc1cccs1. The number of hydrogen-bond donors (Lipinski definition) is 1. The summed E-state index contributed by atoms with van der Waals surface area (Å²) >= 11 is 1.57. The maximum absolute atomic E-state index is 13.2. The first-order chi connectivity index (χ1) is 15.0. The highest BCUT2D eigenvalue weighted by Crippen LogP contribution is 2.20. The van der Waals surface area contributed by atoms with Gasteiger partial charge in [-0.3, -0.25) is 9.52 Å². The number of nitrogens with one attached hydrogen (secondary N) is 1. The molecule has 1 amide bonds. The number of anilines is 1. The molecule has 0 saturated carbocycles. The van der Waals surface area contributed by atoms with Crippen molar-refractivity contribution in [2.75, 3.05) is 4.72 Å². The zero-order chi connectivity index (χ0) is 21.7. The van der Waals surface area contributed by atoms with E-state index < -0.39 is 10.0 Å². The van der Waals surface area contributed by atoms with Gasteiger partial charge in [-0.25, -0.2) is 8.42 Å². The second kappa shape index (κ2) is 9.20. The Hall–Kier alpha value is -3.36. The molecule has 0 spiro atoms. The van der Waals surface area contributed by atoms with Crippen LogP contribution in [-0.2, 0) is 23.1 Å². The number of benzene rings is 2. The lowest BCUT2D eigenvalue weighted by atomic mass is 10.2. The average molecular weight is 453 g/mol. The van der Waals surface area contributed by atoms with Crippen molar-refractivity contribution in [3.8, 4) is 0 Å². The molecule has 4 rings (SSSR count). The summed E-state index contributed by atoms with van der Waals surface area (Å²) in [5, 5.41) is 1.96. The van der Waals surface area contributed by atoms with Gasteiger partial charge in [0.1, 0.15) is 5.76 Å². The summed E-state index contributed by atoms with van der Waals surface area (Å²) < 4.78 is 33.2. The zero-order valence-corrected chi connectivity index (χ0v) is 18.1. The van der Waals surface area contributed by atoms with Gasteiger partial charge in [0.15, 0.2) is 0 Å². The number of thiophene rings is 1.